The van der Waals surface area contributed by atoms with Crippen LogP contribution < -0.4 is 4.84 Å². The van der Waals surface area contributed by atoms with Gasteiger partial charge in [-0.15, -0.1) is 0 Å². The minimum Gasteiger partial charge on any atom is -0.375 e. The van der Waals surface area contributed by atoms with E-state index < -0.39 is 0 Å². The number of pyridine rings is 1. The molecule has 0 N–H and O–H groups in total. The summed E-state index contributed by atoms with van der Waals surface area (Å²) in [6.45, 7) is 0.444. The molecule has 0 bridgehead atoms. The van der Waals surface area contributed by atoms with Crippen LogP contribution in [0.1, 0.15) is 5.69 Å². The van der Waals surface area contributed by atoms with Crippen LogP contribution >= 0.6 is 0 Å². The van der Waals surface area contributed by atoms with Crippen LogP contribution in [0.25, 0.3) is 0 Å². The highest BCUT2D eigenvalue weighted by Crippen LogP contribution is 2.23. The maximum absolute atomic E-state index is 10.2. The van der Waals surface area contributed by atoms with Gasteiger partial charge in [-0.05, 0) is 12.1 Å². The van der Waals surface area contributed by atoms with Gasteiger partial charge in [-0.1, -0.05) is 0 Å². The lowest BCUT2D eigenvalue weighted by atomic mass is 10.3. The molecule has 4 nitrogen and oxygen atoms in total. The predicted molar refractivity (Wildman–Crippen MR) is 36.5 cm³/mol. The van der Waals surface area contributed by atoms with Gasteiger partial charge in [-0.3, -0.25) is 9.78 Å². The van der Waals surface area contributed by atoms with Crippen LogP contribution in [-0.4, -0.2) is 16.5 Å². The lowest BCUT2D eigenvalue weighted by Crippen LogP contribution is -2.18. The molecule has 1 aromatic heterocycles. The number of amides is 1. The molecule has 2 rings (SSSR count). The minimum absolute atomic E-state index is 0.444. The number of nitrogens with zero attached hydrogens (tertiary/aromatic N) is 2. The van der Waals surface area contributed by atoms with Crippen LogP contribution in [0.15, 0.2) is 18.3 Å². The van der Waals surface area contributed by atoms with Crippen LogP contribution in [0.5, 0.6) is 5.75 Å². The summed E-state index contributed by atoms with van der Waals surface area (Å²) in [7, 11) is 0. The average Bonchev–Trinajstić information content (AvgIpc) is 2.46. The third kappa shape index (κ3) is 0.920. The molecule has 11 heavy (non-hydrogen) atoms. The lowest BCUT2D eigenvalue weighted by Gasteiger charge is -2.04. The summed E-state index contributed by atoms with van der Waals surface area (Å²) in [6.07, 6.45) is 2.32. The van der Waals surface area contributed by atoms with Crippen LogP contribution in [0.4, 0.5) is 0 Å². The van der Waals surface area contributed by atoms with Gasteiger partial charge in [0.15, 0.2) is 5.75 Å². The van der Waals surface area contributed by atoms with Crippen LogP contribution in [0, 0.1) is 0 Å². The first-order valence-electron chi connectivity index (χ1n) is 3.24. The van der Waals surface area contributed by atoms with E-state index in [1.165, 1.54) is 5.06 Å². The zero-order valence-corrected chi connectivity index (χ0v) is 5.73. The van der Waals surface area contributed by atoms with Gasteiger partial charge in [-0.2, -0.15) is 5.06 Å². The highest BCUT2D eigenvalue weighted by molar-refractivity contribution is 5.48. The molecule has 0 fully saturated rings. The normalized spacial score (nSPS) is 14.0. The van der Waals surface area contributed by atoms with Gasteiger partial charge in [0.1, 0.15) is 12.2 Å². The molecule has 0 saturated heterocycles. The van der Waals surface area contributed by atoms with E-state index >= 15 is 0 Å². The van der Waals surface area contributed by atoms with Crippen molar-refractivity contribution in [2.45, 2.75) is 6.54 Å². The Hall–Kier alpha value is -1.58. The molecule has 56 valence electrons. The van der Waals surface area contributed by atoms with Crippen molar-refractivity contribution >= 4 is 6.41 Å². The molecule has 2 heterocycles. The molecular formula is C7H6N2O2. The van der Waals surface area contributed by atoms with Crippen molar-refractivity contribution < 1.29 is 9.63 Å². The molecule has 0 radical (unpaired) electrons. The SMILES string of the molecule is O=CN1Cc2ncccc2O1. The third-order valence-electron chi connectivity index (χ3n) is 1.49. The molecule has 1 aliphatic rings. The second-order valence-corrected chi connectivity index (χ2v) is 2.22. The standard InChI is InChI=1S/C7H6N2O2/c10-5-9-4-6-7(11-9)2-1-3-8-6/h1-3,5H,4H2. The molecule has 0 aromatic carbocycles. The van der Waals surface area contributed by atoms with E-state index in [1.54, 1.807) is 18.3 Å². The maximum Gasteiger partial charge on any atom is 0.242 e. The fourth-order valence-electron chi connectivity index (χ4n) is 0.990. The Morgan fingerprint density at radius 1 is 1.73 bits per heavy atom. The Labute approximate surface area is 63.4 Å². The second-order valence-electron chi connectivity index (χ2n) is 2.22. The summed E-state index contributed by atoms with van der Waals surface area (Å²) in [4.78, 5) is 19.3. The molecule has 0 spiro atoms. The molecule has 0 aliphatic carbocycles. The van der Waals surface area contributed by atoms with E-state index in [2.05, 4.69) is 4.98 Å². The highest BCUT2D eigenvalue weighted by atomic mass is 16.7. The molecule has 0 unspecified atom stereocenters. The Morgan fingerprint density at radius 2 is 2.64 bits per heavy atom. The smallest absolute Gasteiger partial charge is 0.242 e. The summed E-state index contributed by atoms with van der Waals surface area (Å²) in [5.41, 5.74) is 0.805. The zero-order valence-electron chi connectivity index (χ0n) is 5.73. The molecule has 1 aromatic rings. The van der Waals surface area contributed by atoms with Gasteiger partial charge in [0.25, 0.3) is 0 Å². The van der Waals surface area contributed by atoms with Gasteiger partial charge in [0.05, 0.1) is 0 Å². The van der Waals surface area contributed by atoms with Crippen molar-refractivity contribution in [1.82, 2.24) is 10.0 Å². The first-order valence-corrected chi connectivity index (χ1v) is 3.24. The summed E-state index contributed by atoms with van der Waals surface area (Å²) >= 11 is 0. The first-order chi connectivity index (χ1) is 5.40. The zero-order chi connectivity index (χ0) is 7.68. The number of fused-ring (bicyclic) bond motifs is 1. The van der Waals surface area contributed by atoms with Crippen molar-refractivity contribution in [2.24, 2.45) is 0 Å². The summed E-state index contributed by atoms with van der Waals surface area (Å²) in [5, 5.41) is 1.21. The topological polar surface area (TPSA) is 42.4 Å². The van der Waals surface area contributed by atoms with Gasteiger partial charge in [0, 0.05) is 6.20 Å². The molecule has 4 heteroatoms. The lowest BCUT2D eigenvalue weighted by molar-refractivity contribution is -0.139. The molecule has 1 aliphatic heterocycles. The average molecular weight is 150 g/mol. The molecule has 0 atom stereocenters. The number of aromatic nitrogens is 1. The van der Waals surface area contributed by atoms with E-state index in [9.17, 15) is 4.79 Å². The van der Waals surface area contributed by atoms with Gasteiger partial charge in [0.2, 0.25) is 6.41 Å². The van der Waals surface area contributed by atoms with Crippen molar-refractivity contribution in [1.29, 1.82) is 0 Å². The van der Waals surface area contributed by atoms with E-state index in [4.69, 9.17) is 4.84 Å². The van der Waals surface area contributed by atoms with Gasteiger partial charge in [-0.25, -0.2) is 0 Å². The largest absolute Gasteiger partial charge is 0.375 e. The summed E-state index contributed by atoms with van der Waals surface area (Å²) in [6, 6.07) is 3.55. The fraction of sp³-hybridized carbons (Fsp3) is 0.143. The van der Waals surface area contributed by atoms with E-state index in [0.717, 1.165) is 5.69 Å². The Morgan fingerprint density at radius 3 is 3.36 bits per heavy atom. The second kappa shape index (κ2) is 2.23. The number of hydrogen-bond donors (Lipinski definition) is 0. The van der Waals surface area contributed by atoms with Crippen LogP contribution in [0.2, 0.25) is 0 Å². The number of carbonyl (C=O) groups is 1. The van der Waals surface area contributed by atoms with Crippen LogP contribution in [-0.2, 0) is 11.3 Å². The van der Waals surface area contributed by atoms with Crippen LogP contribution in [0.3, 0.4) is 0 Å². The third-order valence-corrected chi connectivity index (χ3v) is 1.49. The van der Waals surface area contributed by atoms with Crippen molar-refractivity contribution in [3.05, 3.63) is 24.0 Å². The first kappa shape index (κ1) is 6.15. The predicted octanol–water partition coefficient (Wildman–Crippen LogP) is 0.347. The van der Waals surface area contributed by atoms with E-state index in [0.29, 0.717) is 18.7 Å². The highest BCUT2D eigenvalue weighted by Gasteiger charge is 2.19. The van der Waals surface area contributed by atoms with E-state index in [-0.39, 0.29) is 0 Å². The Balaban J connectivity index is 2.33. The molecule has 0 saturated carbocycles. The molecule has 1 amide bonds. The number of hydroxylamine groups is 2. The van der Waals surface area contributed by atoms with Crippen molar-refractivity contribution in [3.63, 3.8) is 0 Å². The minimum atomic E-state index is 0.444. The summed E-state index contributed by atoms with van der Waals surface area (Å²) in [5.74, 6) is 0.666. The Bertz CT molecular complexity index is 263. The molecular weight excluding hydrogens is 144 g/mol. The quantitative estimate of drug-likeness (QED) is 0.542. The fourth-order valence-corrected chi connectivity index (χ4v) is 0.990. The maximum atomic E-state index is 10.2. The monoisotopic (exact) mass is 150 g/mol. The van der Waals surface area contributed by atoms with Gasteiger partial charge < -0.3 is 4.84 Å². The Kier molecular flexibility index (Phi) is 1.25. The number of rotatable bonds is 1. The van der Waals surface area contributed by atoms with E-state index in [1.807, 2.05) is 0 Å². The number of hydrogen-bond acceptors (Lipinski definition) is 3. The number of carbonyl (C=O) groups excluding carboxylic acids is 1. The van der Waals surface area contributed by atoms with Crippen molar-refractivity contribution in [3.8, 4) is 5.75 Å². The van der Waals surface area contributed by atoms with Crippen molar-refractivity contribution in [2.75, 3.05) is 0 Å². The van der Waals surface area contributed by atoms with Gasteiger partial charge >= 0.3 is 0 Å². The summed E-state index contributed by atoms with van der Waals surface area (Å²) < 4.78 is 0.